The van der Waals surface area contributed by atoms with Gasteiger partial charge >= 0.3 is 5.97 Å². The van der Waals surface area contributed by atoms with Crippen molar-refractivity contribution in [2.75, 3.05) is 12.8 Å². The van der Waals surface area contributed by atoms with Crippen molar-refractivity contribution in [3.63, 3.8) is 0 Å². The largest absolute Gasteiger partial charge is 0.481 e. The van der Waals surface area contributed by atoms with Gasteiger partial charge in [-0.3, -0.25) is 4.79 Å². The molecule has 5 nitrogen and oxygen atoms in total. The zero-order chi connectivity index (χ0) is 12.3. The van der Waals surface area contributed by atoms with E-state index in [4.69, 9.17) is 10.8 Å². The third-order valence-electron chi connectivity index (χ3n) is 1.88. The highest BCUT2D eigenvalue weighted by Gasteiger charge is 2.22. The summed E-state index contributed by atoms with van der Waals surface area (Å²) in [7, 11) is 1.16. The fraction of sp³-hybridized carbons (Fsp3) is 0.333. The number of rotatable bonds is 4. The Morgan fingerprint density at radius 1 is 1.69 bits per heavy atom. The molecule has 0 radical (unpaired) electrons. The first kappa shape index (κ1) is 12.2. The van der Waals surface area contributed by atoms with Gasteiger partial charge in [0.2, 0.25) is 5.88 Å². The summed E-state index contributed by atoms with van der Waals surface area (Å²) in [5.74, 6) is -1.63. The summed E-state index contributed by atoms with van der Waals surface area (Å²) in [6.07, 6.45) is -3.42. The van der Waals surface area contributed by atoms with Crippen molar-refractivity contribution in [1.29, 1.82) is 0 Å². The quantitative estimate of drug-likeness (QED) is 0.815. The van der Waals surface area contributed by atoms with E-state index in [9.17, 15) is 13.6 Å². The fourth-order valence-corrected chi connectivity index (χ4v) is 1.30. The molecule has 88 valence electrons. The lowest BCUT2D eigenvalue weighted by molar-refractivity contribution is -0.136. The van der Waals surface area contributed by atoms with Gasteiger partial charge in [-0.2, -0.15) is 4.98 Å². The first-order valence-corrected chi connectivity index (χ1v) is 4.29. The highest BCUT2D eigenvalue weighted by Crippen LogP contribution is 2.32. The van der Waals surface area contributed by atoms with Crippen LogP contribution in [0.4, 0.5) is 14.6 Å². The third kappa shape index (κ3) is 2.56. The van der Waals surface area contributed by atoms with Gasteiger partial charge in [-0.25, -0.2) is 8.78 Å². The second-order valence-electron chi connectivity index (χ2n) is 3.00. The van der Waals surface area contributed by atoms with Gasteiger partial charge in [0.05, 0.1) is 19.1 Å². The molecule has 1 aromatic rings. The van der Waals surface area contributed by atoms with E-state index in [1.807, 2.05) is 0 Å². The van der Waals surface area contributed by atoms with Gasteiger partial charge in [0, 0.05) is 0 Å². The van der Waals surface area contributed by atoms with E-state index >= 15 is 0 Å². The van der Waals surface area contributed by atoms with Crippen LogP contribution >= 0.6 is 0 Å². The molecule has 3 N–H and O–H groups in total. The zero-order valence-electron chi connectivity index (χ0n) is 8.41. The number of aromatic nitrogens is 1. The van der Waals surface area contributed by atoms with Gasteiger partial charge in [0.1, 0.15) is 5.82 Å². The van der Waals surface area contributed by atoms with Crippen LogP contribution in [0.5, 0.6) is 5.88 Å². The number of aliphatic carboxylic acids is 1. The fourth-order valence-electron chi connectivity index (χ4n) is 1.30. The molecular weight excluding hydrogens is 222 g/mol. The van der Waals surface area contributed by atoms with E-state index in [-0.39, 0.29) is 17.3 Å². The molecule has 0 aliphatic heterocycles. The Morgan fingerprint density at radius 2 is 2.31 bits per heavy atom. The smallest absolute Gasteiger partial charge is 0.307 e. The van der Waals surface area contributed by atoms with E-state index in [0.717, 1.165) is 13.2 Å². The Labute approximate surface area is 89.9 Å². The molecule has 0 spiro atoms. The number of nitrogens with two attached hydrogens (primary N) is 1. The number of nitrogen functional groups attached to an aromatic ring is 1. The van der Waals surface area contributed by atoms with Crippen LogP contribution in [0.3, 0.4) is 0 Å². The number of nitrogens with zero attached hydrogens (tertiary/aromatic N) is 1. The van der Waals surface area contributed by atoms with Gasteiger partial charge in [-0.1, -0.05) is 0 Å². The number of alkyl halides is 2. The maximum Gasteiger partial charge on any atom is 0.307 e. The molecule has 0 aliphatic carbocycles. The van der Waals surface area contributed by atoms with E-state index in [0.29, 0.717) is 0 Å². The molecular formula is C9H10F2N2O3. The Bertz CT molecular complexity index is 410. The Morgan fingerprint density at radius 3 is 2.75 bits per heavy atom. The van der Waals surface area contributed by atoms with Crippen LogP contribution in [-0.2, 0) is 11.2 Å². The molecule has 0 bridgehead atoms. The highest BCUT2D eigenvalue weighted by atomic mass is 19.3. The summed E-state index contributed by atoms with van der Waals surface area (Å²) in [5, 5.41) is 8.58. The summed E-state index contributed by atoms with van der Waals surface area (Å²) in [5.41, 5.74) is 4.73. The molecule has 0 saturated heterocycles. The number of halogens is 2. The average Bonchev–Trinajstić information content (AvgIpc) is 2.14. The molecule has 0 aliphatic rings. The van der Waals surface area contributed by atoms with Crippen molar-refractivity contribution in [2.24, 2.45) is 0 Å². The van der Waals surface area contributed by atoms with Gasteiger partial charge in [0.25, 0.3) is 6.43 Å². The summed E-state index contributed by atoms with van der Waals surface area (Å²) in [6, 6.07) is 1.11. The lowest BCUT2D eigenvalue weighted by atomic mass is 10.1. The monoisotopic (exact) mass is 232 g/mol. The zero-order valence-corrected chi connectivity index (χ0v) is 8.41. The highest BCUT2D eigenvalue weighted by molar-refractivity contribution is 5.71. The molecule has 1 rings (SSSR count). The number of methoxy groups -OCH3 is 1. The molecule has 0 unspecified atom stereocenters. The third-order valence-corrected chi connectivity index (χ3v) is 1.88. The average molecular weight is 232 g/mol. The number of ether oxygens (including phenoxy) is 1. The van der Waals surface area contributed by atoms with Crippen molar-refractivity contribution in [3.05, 3.63) is 17.2 Å². The number of carboxylic acid groups (broad SMARTS) is 1. The van der Waals surface area contributed by atoms with Crippen LogP contribution in [0.1, 0.15) is 17.6 Å². The van der Waals surface area contributed by atoms with Crippen molar-refractivity contribution in [2.45, 2.75) is 12.8 Å². The van der Waals surface area contributed by atoms with Gasteiger partial charge in [0.15, 0.2) is 0 Å². The number of hydrogen-bond donors (Lipinski definition) is 2. The van der Waals surface area contributed by atoms with E-state index in [1.54, 1.807) is 0 Å². The molecule has 1 heterocycles. The Kier molecular flexibility index (Phi) is 3.60. The number of hydrogen-bond acceptors (Lipinski definition) is 4. The molecule has 0 amide bonds. The number of carbonyl (C=O) groups is 1. The first-order valence-electron chi connectivity index (χ1n) is 4.29. The lowest BCUT2D eigenvalue weighted by Gasteiger charge is -2.11. The van der Waals surface area contributed by atoms with E-state index in [1.165, 1.54) is 0 Å². The first-order chi connectivity index (χ1) is 7.45. The number of anilines is 1. The van der Waals surface area contributed by atoms with E-state index in [2.05, 4.69) is 9.72 Å². The standard InChI is InChI=1S/C9H10F2N2O3/c1-16-9-7(8(10)11)4(3-6(14)15)2-5(12)13-9/h2,8H,3H2,1H3,(H2,12,13)(H,14,15). The minimum Gasteiger partial charge on any atom is -0.481 e. The van der Waals surface area contributed by atoms with Crippen LogP contribution in [0.25, 0.3) is 0 Å². The van der Waals surface area contributed by atoms with Crippen LogP contribution < -0.4 is 10.5 Å². The predicted octanol–water partition coefficient (Wildman–Crippen LogP) is 1.24. The SMILES string of the molecule is COc1nc(N)cc(CC(=O)O)c1C(F)F. The maximum atomic E-state index is 12.7. The summed E-state index contributed by atoms with van der Waals surface area (Å²) in [6.45, 7) is 0. The Hall–Kier alpha value is -1.92. The number of pyridine rings is 1. The van der Waals surface area contributed by atoms with E-state index < -0.39 is 24.4 Å². The maximum absolute atomic E-state index is 12.7. The predicted molar refractivity (Wildman–Crippen MR) is 51.5 cm³/mol. The summed E-state index contributed by atoms with van der Waals surface area (Å²) in [4.78, 5) is 14.1. The van der Waals surface area contributed by atoms with Crippen LogP contribution in [0.15, 0.2) is 6.07 Å². The number of carboxylic acids is 1. The molecule has 7 heteroatoms. The normalized spacial score (nSPS) is 10.5. The summed E-state index contributed by atoms with van der Waals surface area (Å²) < 4.78 is 30.1. The van der Waals surface area contributed by atoms with Crippen molar-refractivity contribution in [1.82, 2.24) is 4.98 Å². The van der Waals surface area contributed by atoms with Crippen molar-refractivity contribution < 1.29 is 23.4 Å². The Balaban J connectivity index is 3.32. The molecule has 1 aromatic heterocycles. The van der Waals surface area contributed by atoms with Crippen LogP contribution in [0.2, 0.25) is 0 Å². The molecule has 0 atom stereocenters. The second kappa shape index (κ2) is 4.73. The molecule has 16 heavy (non-hydrogen) atoms. The van der Waals surface area contributed by atoms with Crippen LogP contribution in [-0.4, -0.2) is 23.2 Å². The second-order valence-corrected chi connectivity index (χ2v) is 3.00. The molecule has 0 aromatic carbocycles. The van der Waals surface area contributed by atoms with Crippen LogP contribution in [0, 0.1) is 0 Å². The van der Waals surface area contributed by atoms with Crippen molar-refractivity contribution >= 4 is 11.8 Å². The van der Waals surface area contributed by atoms with Gasteiger partial charge in [-0.15, -0.1) is 0 Å². The lowest BCUT2D eigenvalue weighted by Crippen LogP contribution is -2.08. The minimum atomic E-state index is -2.86. The van der Waals surface area contributed by atoms with Crippen molar-refractivity contribution in [3.8, 4) is 5.88 Å². The van der Waals surface area contributed by atoms with Gasteiger partial charge in [-0.05, 0) is 11.6 Å². The molecule has 0 saturated carbocycles. The minimum absolute atomic E-state index is 0.0579. The summed E-state index contributed by atoms with van der Waals surface area (Å²) >= 11 is 0. The topological polar surface area (TPSA) is 85.4 Å². The molecule has 0 fully saturated rings. The van der Waals surface area contributed by atoms with Gasteiger partial charge < -0.3 is 15.6 Å².